The number of amides is 1. The van der Waals surface area contributed by atoms with Crippen molar-refractivity contribution < 1.29 is 4.79 Å². The molecule has 3 heteroatoms. The summed E-state index contributed by atoms with van der Waals surface area (Å²) in [4.78, 5) is 11.9. The van der Waals surface area contributed by atoms with Crippen LogP contribution in [0.4, 0.5) is 0 Å². The molecular formula is C12H22N2O. The van der Waals surface area contributed by atoms with Crippen LogP contribution in [0.3, 0.4) is 0 Å². The normalized spacial score (nSPS) is 35.1. The molecule has 2 rings (SSSR count). The summed E-state index contributed by atoms with van der Waals surface area (Å²) in [7, 11) is 0. The SMILES string of the molecule is CC(C)C(CN)NC(=O)C1CC2CC2C1. The molecule has 0 saturated heterocycles. The van der Waals surface area contributed by atoms with E-state index in [-0.39, 0.29) is 17.9 Å². The van der Waals surface area contributed by atoms with Crippen molar-refractivity contribution in [2.24, 2.45) is 29.4 Å². The van der Waals surface area contributed by atoms with Gasteiger partial charge in [-0.1, -0.05) is 13.8 Å². The third kappa shape index (κ3) is 2.33. The molecule has 3 nitrogen and oxygen atoms in total. The fraction of sp³-hybridized carbons (Fsp3) is 0.917. The van der Waals surface area contributed by atoms with Crippen molar-refractivity contribution in [1.82, 2.24) is 5.32 Å². The number of fused-ring (bicyclic) bond motifs is 1. The Bertz CT molecular complexity index is 242. The van der Waals surface area contributed by atoms with Gasteiger partial charge in [-0.3, -0.25) is 4.79 Å². The van der Waals surface area contributed by atoms with E-state index in [0.717, 1.165) is 24.7 Å². The van der Waals surface area contributed by atoms with E-state index in [9.17, 15) is 4.79 Å². The number of rotatable bonds is 4. The van der Waals surface area contributed by atoms with Crippen LogP contribution in [0.25, 0.3) is 0 Å². The van der Waals surface area contributed by atoms with Crippen LogP contribution in [0.2, 0.25) is 0 Å². The van der Waals surface area contributed by atoms with E-state index >= 15 is 0 Å². The fourth-order valence-electron chi connectivity index (χ4n) is 2.73. The van der Waals surface area contributed by atoms with Crippen molar-refractivity contribution >= 4 is 5.91 Å². The van der Waals surface area contributed by atoms with Crippen molar-refractivity contribution in [2.75, 3.05) is 6.54 Å². The average molecular weight is 210 g/mol. The molecule has 0 bridgehead atoms. The molecule has 3 atom stereocenters. The van der Waals surface area contributed by atoms with E-state index in [1.165, 1.54) is 6.42 Å². The zero-order chi connectivity index (χ0) is 11.0. The molecule has 0 spiro atoms. The number of hydrogen-bond acceptors (Lipinski definition) is 2. The first-order valence-corrected chi connectivity index (χ1v) is 6.12. The largest absolute Gasteiger partial charge is 0.352 e. The Kier molecular flexibility index (Phi) is 3.01. The Balaban J connectivity index is 1.80. The van der Waals surface area contributed by atoms with Gasteiger partial charge in [-0.2, -0.15) is 0 Å². The van der Waals surface area contributed by atoms with Crippen molar-refractivity contribution in [3.63, 3.8) is 0 Å². The second kappa shape index (κ2) is 4.12. The average Bonchev–Trinajstić information content (AvgIpc) is 2.81. The van der Waals surface area contributed by atoms with Crippen molar-refractivity contribution in [3.05, 3.63) is 0 Å². The lowest BCUT2D eigenvalue weighted by molar-refractivity contribution is -0.126. The van der Waals surface area contributed by atoms with E-state index in [0.29, 0.717) is 12.5 Å². The van der Waals surface area contributed by atoms with Crippen LogP contribution in [-0.4, -0.2) is 18.5 Å². The van der Waals surface area contributed by atoms with Crippen LogP contribution in [0.1, 0.15) is 33.1 Å². The van der Waals surface area contributed by atoms with Crippen LogP contribution >= 0.6 is 0 Å². The predicted octanol–water partition coefficient (Wildman–Crippen LogP) is 1.13. The molecule has 2 fully saturated rings. The summed E-state index contributed by atoms with van der Waals surface area (Å²) < 4.78 is 0. The minimum Gasteiger partial charge on any atom is -0.352 e. The lowest BCUT2D eigenvalue weighted by atomic mass is 9.99. The first kappa shape index (κ1) is 10.9. The monoisotopic (exact) mass is 210 g/mol. The lowest BCUT2D eigenvalue weighted by Crippen LogP contribution is -2.45. The van der Waals surface area contributed by atoms with Gasteiger partial charge >= 0.3 is 0 Å². The lowest BCUT2D eigenvalue weighted by Gasteiger charge is -2.23. The number of carbonyl (C=O) groups is 1. The first-order valence-electron chi connectivity index (χ1n) is 6.12. The van der Waals surface area contributed by atoms with E-state index in [1.54, 1.807) is 0 Å². The summed E-state index contributed by atoms with van der Waals surface area (Å²) in [5.41, 5.74) is 5.64. The molecular weight excluding hydrogens is 188 g/mol. The molecule has 0 radical (unpaired) electrons. The number of carbonyl (C=O) groups excluding carboxylic acids is 1. The van der Waals surface area contributed by atoms with Crippen LogP contribution < -0.4 is 11.1 Å². The molecule has 2 aliphatic rings. The summed E-state index contributed by atoms with van der Waals surface area (Å²) >= 11 is 0. The Labute approximate surface area is 91.8 Å². The highest BCUT2D eigenvalue weighted by Gasteiger charge is 2.48. The van der Waals surface area contributed by atoms with Gasteiger partial charge in [0.1, 0.15) is 0 Å². The standard InChI is InChI=1S/C12H22N2O/c1-7(2)11(6-13)14-12(15)10-4-8-3-9(8)5-10/h7-11H,3-6,13H2,1-2H3,(H,14,15). The molecule has 0 heterocycles. The molecule has 1 amide bonds. The van der Waals surface area contributed by atoms with Crippen LogP contribution in [0, 0.1) is 23.7 Å². The van der Waals surface area contributed by atoms with E-state index in [2.05, 4.69) is 19.2 Å². The summed E-state index contributed by atoms with van der Waals surface area (Å²) in [6.07, 6.45) is 3.60. The maximum atomic E-state index is 11.9. The van der Waals surface area contributed by atoms with Gasteiger partial charge in [-0.25, -0.2) is 0 Å². The van der Waals surface area contributed by atoms with Crippen LogP contribution in [-0.2, 0) is 4.79 Å². The Hall–Kier alpha value is -0.570. The van der Waals surface area contributed by atoms with Gasteiger partial charge in [0, 0.05) is 18.5 Å². The van der Waals surface area contributed by atoms with E-state index in [1.807, 2.05) is 0 Å². The Morgan fingerprint density at radius 1 is 1.33 bits per heavy atom. The first-order chi connectivity index (χ1) is 7.11. The molecule has 0 aromatic heterocycles. The van der Waals surface area contributed by atoms with E-state index in [4.69, 9.17) is 5.73 Å². The third-order valence-electron chi connectivity index (χ3n) is 4.00. The second-order valence-corrected chi connectivity index (χ2v) is 5.52. The predicted molar refractivity (Wildman–Crippen MR) is 60.1 cm³/mol. The minimum absolute atomic E-state index is 0.148. The Morgan fingerprint density at radius 2 is 1.93 bits per heavy atom. The molecule has 2 aliphatic carbocycles. The quantitative estimate of drug-likeness (QED) is 0.731. The molecule has 2 saturated carbocycles. The maximum Gasteiger partial charge on any atom is 0.223 e. The number of nitrogens with two attached hydrogens (primary N) is 1. The molecule has 15 heavy (non-hydrogen) atoms. The fourth-order valence-corrected chi connectivity index (χ4v) is 2.73. The van der Waals surface area contributed by atoms with Gasteiger partial charge in [0.15, 0.2) is 0 Å². The summed E-state index contributed by atoms with van der Waals surface area (Å²) in [5.74, 6) is 2.69. The second-order valence-electron chi connectivity index (χ2n) is 5.52. The maximum absolute atomic E-state index is 11.9. The number of hydrogen-bond donors (Lipinski definition) is 2. The van der Waals surface area contributed by atoms with Crippen molar-refractivity contribution in [3.8, 4) is 0 Å². The third-order valence-corrected chi connectivity index (χ3v) is 4.00. The molecule has 86 valence electrons. The molecule has 0 aromatic rings. The highest BCUT2D eigenvalue weighted by Crippen LogP contribution is 2.54. The smallest absolute Gasteiger partial charge is 0.223 e. The number of nitrogens with one attached hydrogen (secondary N) is 1. The molecule has 0 aromatic carbocycles. The topological polar surface area (TPSA) is 55.1 Å². The van der Waals surface area contributed by atoms with Gasteiger partial charge in [0.2, 0.25) is 5.91 Å². The summed E-state index contributed by atoms with van der Waals surface area (Å²) in [6.45, 7) is 4.75. The van der Waals surface area contributed by atoms with Gasteiger partial charge in [-0.15, -0.1) is 0 Å². The van der Waals surface area contributed by atoms with Crippen molar-refractivity contribution in [2.45, 2.75) is 39.2 Å². The highest BCUT2D eigenvalue weighted by molar-refractivity contribution is 5.79. The molecule has 0 aliphatic heterocycles. The summed E-state index contributed by atoms with van der Waals surface area (Å²) in [5, 5.41) is 3.09. The molecule has 3 N–H and O–H groups in total. The zero-order valence-corrected chi connectivity index (χ0v) is 9.70. The van der Waals surface area contributed by atoms with Crippen LogP contribution in [0.15, 0.2) is 0 Å². The zero-order valence-electron chi connectivity index (χ0n) is 9.70. The van der Waals surface area contributed by atoms with Gasteiger partial charge in [0.25, 0.3) is 0 Å². The van der Waals surface area contributed by atoms with Crippen LogP contribution in [0.5, 0.6) is 0 Å². The van der Waals surface area contributed by atoms with Gasteiger partial charge < -0.3 is 11.1 Å². The Morgan fingerprint density at radius 3 is 2.40 bits per heavy atom. The van der Waals surface area contributed by atoms with Gasteiger partial charge in [-0.05, 0) is 37.0 Å². The molecule has 3 unspecified atom stereocenters. The minimum atomic E-state index is 0.148. The highest BCUT2D eigenvalue weighted by atomic mass is 16.2. The van der Waals surface area contributed by atoms with Crippen molar-refractivity contribution in [1.29, 1.82) is 0 Å². The summed E-state index contributed by atoms with van der Waals surface area (Å²) in [6, 6.07) is 0.148. The van der Waals surface area contributed by atoms with Gasteiger partial charge in [0.05, 0.1) is 0 Å². The van der Waals surface area contributed by atoms with E-state index < -0.39 is 0 Å².